The van der Waals surface area contributed by atoms with E-state index in [1.54, 1.807) is 6.08 Å². The Labute approximate surface area is 243 Å². The van der Waals surface area contributed by atoms with Crippen molar-refractivity contribution in [2.75, 3.05) is 6.54 Å². The minimum Gasteiger partial charge on any atom is -0.389 e. The van der Waals surface area contributed by atoms with Gasteiger partial charge in [0.2, 0.25) is 0 Å². The van der Waals surface area contributed by atoms with E-state index in [1.807, 2.05) is 6.92 Å². The summed E-state index contributed by atoms with van der Waals surface area (Å²) < 4.78 is 0. The normalized spacial score (nSPS) is 10.1. The molecule has 0 aromatic carbocycles. The Hall–Kier alpha value is -0.980. The summed E-state index contributed by atoms with van der Waals surface area (Å²) in [5, 5.41) is 3.39. The Morgan fingerprint density at radius 2 is 0.789 bits per heavy atom. The summed E-state index contributed by atoms with van der Waals surface area (Å²) in [4.78, 5) is 0. The molecule has 0 spiro atoms. The number of hydrogen-bond donors (Lipinski definition) is 1. The molecule has 0 rings (SSSR count). The monoisotopic (exact) mass is 534 g/mol. The van der Waals surface area contributed by atoms with Gasteiger partial charge in [-0.05, 0) is 46.0 Å². The zero-order chi connectivity index (χ0) is 29.0. The van der Waals surface area contributed by atoms with Crippen LogP contribution in [0.5, 0.6) is 0 Å². The summed E-state index contributed by atoms with van der Waals surface area (Å²) >= 11 is 0. The summed E-state index contributed by atoms with van der Waals surface area (Å²) in [7, 11) is 0. The van der Waals surface area contributed by atoms with Crippen LogP contribution >= 0.6 is 0 Å². The van der Waals surface area contributed by atoms with E-state index in [-0.39, 0.29) is 0 Å². The molecule has 1 nitrogen and oxygen atoms in total. The molecule has 0 saturated heterocycles. The Balaban J connectivity index is -0.000000602. The highest BCUT2D eigenvalue weighted by atomic mass is 14.9. The van der Waals surface area contributed by atoms with Gasteiger partial charge >= 0.3 is 0 Å². The van der Waals surface area contributed by atoms with Crippen molar-refractivity contribution < 1.29 is 0 Å². The number of nitrogens with one attached hydrogen (secondary N) is 1. The van der Waals surface area contributed by atoms with Gasteiger partial charge in [0.05, 0.1) is 0 Å². The molecule has 0 heterocycles. The molecule has 0 amide bonds. The zero-order valence-electron chi connectivity index (χ0n) is 27.6. The smallest absolute Gasteiger partial charge is 0.0143 e. The maximum atomic E-state index is 4.05. The van der Waals surface area contributed by atoms with Gasteiger partial charge < -0.3 is 5.32 Å². The molecule has 0 radical (unpaired) electrons. The van der Waals surface area contributed by atoms with Crippen LogP contribution in [-0.4, -0.2) is 6.54 Å². The molecule has 0 unspecified atom stereocenters. The molecular weight excluding hydrogens is 458 g/mol. The van der Waals surface area contributed by atoms with E-state index in [0.29, 0.717) is 0 Å². The maximum absolute atomic E-state index is 4.05. The van der Waals surface area contributed by atoms with E-state index in [1.165, 1.54) is 165 Å². The van der Waals surface area contributed by atoms with Crippen molar-refractivity contribution in [1.82, 2.24) is 5.32 Å². The van der Waals surface area contributed by atoms with Crippen LogP contribution in [-0.2, 0) is 0 Å². The second-order valence-electron chi connectivity index (χ2n) is 11.5. The van der Waals surface area contributed by atoms with Gasteiger partial charge in [-0.2, -0.15) is 0 Å². The molecule has 0 aliphatic carbocycles. The number of rotatable bonds is 27. The second-order valence-corrected chi connectivity index (χ2v) is 11.5. The van der Waals surface area contributed by atoms with E-state index in [4.69, 9.17) is 0 Å². The fraction of sp³-hybridized carbons (Fsp3) is 0.838. The van der Waals surface area contributed by atoms with Gasteiger partial charge in [0.25, 0.3) is 0 Å². The fourth-order valence-electron chi connectivity index (χ4n) is 4.45. The zero-order valence-corrected chi connectivity index (χ0v) is 27.6. The Morgan fingerprint density at radius 3 is 1.11 bits per heavy atom. The lowest BCUT2D eigenvalue weighted by Gasteiger charge is -2.08. The first kappa shape index (κ1) is 41.5. The molecule has 0 saturated carbocycles. The first-order valence-corrected chi connectivity index (χ1v) is 17.1. The lowest BCUT2D eigenvalue weighted by molar-refractivity contribution is 0.532. The average molecular weight is 534 g/mol. The summed E-state index contributed by atoms with van der Waals surface area (Å²) in [6.07, 6.45) is 36.6. The van der Waals surface area contributed by atoms with Gasteiger partial charge in [-0.25, -0.2) is 0 Å². The summed E-state index contributed by atoms with van der Waals surface area (Å²) in [5.41, 5.74) is 2.58. The van der Waals surface area contributed by atoms with E-state index in [9.17, 15) is 0 Å². The van der Waals surface area contributed by atoms with Gasteiger partial charge in [0, 0.05) is 12.2 Å². The molecule has 0 fully saturated rings. The van der Waals surface area contributed by atoms with Gasteiger partial charge in [0.15, 0.2) is 0 Å². The summed E-state index contributed by atoms with van der Waals surface area (Å²) in [6.45, 7) is 23.3. The molecular formula is C37H75N. The van der Waals surface area contributed by atoms with Crippen LogP contribution in [0.15, 0.2) is 37.1 Å². The minimum atomic E-state index is 1.10. The largest absolute Gasteiger partial charge is 0.389 e. The van der Waals surface area contributed by atoms with Crippen molar-refractivity contribution in [3.8, 4) is 0 Å². The molecule has 0 aromatic heterocycles. The van der Waals surface area contributed by atoms with Crippen molar-refractivity contribution in [2.45, 2.75) is 195 Å². The lowest BCUT2D eigenvalue weighted by Crippen LogP contribution is -2.13. The van der Waals surface area contributed by atoms with Crippen molar-refractivity contribution in [3.63, 3.8) is 0 Å². The molecule has 228 valence electrons. The Morgan fingerprint density at radius 1 is 0.500 bits per heavy atom. The third-order valence-corrected chi connectivity index (χ3v) is 6.94. The quantitative estimate of drug-likeness (QED) is 0.0817. The Bertz CT molecular complexity index is 450. The van der Waals surface area contributed by atoms with Gasteiger partial charge in [-0.15, -0.1) is 13.2 Å². The molecule has 0 aliphatic rings. The van der Waals surface area contributed by atoms with Crippen LogP contribution in [0, 0.1) is 0 Å². The van der Waals surface area contributed by atoms with Crippen molar-refractivity contribution in [1.29, 1.82) is 0 Å². The van der Waals surface area contributed by atoms with E-state index < -0.39 is 0 Å². The SMILES string of the molecule is C=C(C)CCCCCCCCCCCCCCCCC.C=C(CCCCCCCC)NCCCC.C=CC. The topological polar surface area (TPSA) is 12.0 Å². The Kier molecular flexibility index (Phi) is 44.2. The number of hydrogen-bond acceptors (Lipinski definition) is 1. The summed E-state index contributed by atoms with van der Waals surface area (Å²) in [5.74, 6) is 0. The van der Waals surface area contributed by atoms with E-state index in [0.717, 1.165) is 13.0 Å². The predicted octanol–water partition coefficient (Wildman–Crippen LogP) is 13.7. The van der Waals surface area contributed by atoms with Gasteiger partial charge in [0.1, 0.15) is 0 Å². The van der Waals surface area contributed by atoms with E-state index >= 15 is 0 Å². The molecule has 1 heteroatoms. The highest BCUT2D eigenvalue weighted by molar-refractivity contribution is 4.90. The molecule has 0 bridgehead atoms. The van der Waals surface area contributed by atoms with Crippen LogP contribution in [0.4, 0.5) is 0 Å². The van der Waals surface area contributed by atoms with Crippen LogP contribution in [0.2, 0.25) is 0 Å². The highest BCUT2D eigenvalue weighted by Crippen LogP contribution is 2.14. The van der Waals surface area contributed by atoms with Crippen molar-refractivity contribution in [3.05, 3.63) is 37.1 Å². The molecule has 0 aliphatic heterocycles. The van der Waals surface area contributed by atoms with Crippen LogP contribution in [0.1, 0.15) is 195 Å². The summed E-state index contributed by atoms with van der Waals surface area (Å²) in [6, 6.07) is 0. The van der Waals surface area contributed by atoms with Crippen LogP contribution in [0.3, 0.4) is 0 Å². The van der Waals surface area contributed by atoms with Gasteiger partial charge in [-0.3, -0.25) is 0 Å². The molecule has 0 aromatic rings. The lowest BCUT2D eigenvalue weighted by atomic mass is 10.0. The third-order valence-electron chi connectivity index (χ3n) is 6.94. The molecule has 0 atom stereocenters. The van der Waals surface area contributed by atoms with E-state index in [2.05, 4.69) is 52.7 Å². The maximum Gasteiger partial charge on any atom is 0.0143 e. The average Bonchev–Trinajstić information content (AvgIpc) is 2.89. The first-order chi connectivity index (χ1) is 18.5. The van der Waals surface area contributed by atoms with Crippen molar-refractivity contribution >= 4 is 0 Å². The fourth-order valence-corrected chi connectivity index (χ4v) is 4.45. The minimum absolute atomic E-state index is 1.10. The van der Waals surface area contributed by atoms with Crippen LogP contribution < -0.4 is 5.32 Å². The predicted molar refractivity (Wildman–Crippen MR) is 180 cm³/mol. The van der Waals surface area contributed by atoms with Crippen LogP contribution in [0.25, 0.3) is 0 Å². The standard InChI is InChI=1S/C20H40.C14H29N.C3H6/c1-4-5-6-7-8-9-10-11-12-13-14-15-16-17-18-19-20(2)3;1-4-6-8-9-10-11-12-14(3)15-13-7-5-2;1-3-2/h2,4-19H2,1,3H3;15H,3-13H2,1-2H3;3H,1H2,2H3. The number of allylic oxidation sites excluding steroid dienone is 3. The third kappa shape index (κ3) is 48.1. The second kappa shape index (κ2) is 40.5. The molecule has 1 N–H and O–H groups in total. The molecule has 38 heavy (non-hydrogen) atoms. The van der Waals surface area contributed by atoms with Crippen molar-refractivity contribution in [2.24, 2.45) is 0 Å². The van der Waals surface area contributed by atoms with Gasteiger partial charge in [-0.1, -0.05) is 167 Å². The first-order valence-electron chi connectivity index (χ1n) is 17.1. The number of unbranched alkanes of at least 4 members (excludes halogenated alkanes) is 20. The highest BCUT2D eigenvalue weighted by Gasteiger charge is 1.95.